The van der Waals surface area contributed by atoms with Crippen LogP contribution in [0.1, 0.15) is 22.3 Å². The minimum atomic E-state index is 0.513. The molecule has 0 aromatic heterocycles. The molecule has 0 bridgehead atoms. The van der Waals surface area contributed by atoms with E-state index in [0.29, 0.717) is 6.54 Å². The Morgan fingerprint density at radius 1 is 1.05 bits per heavy atom. The molecule has 0 heterocycles. The van der Waals surface area contributed by atoms with Gasteiger partial charge >= 0.3 is 0 Å². The van der Waals surface area contributed by atoms with Gasteiger partial charge in [-0.15, -0.1) is 0 Å². The Hall–Kier alpha value is -1.45. The minimum absolute atomic E-state index is 0.513. The molecule has 0 saturated heterocycles. The van der Waals surface area contributed by atoms with Crippen molar-refractivity contribution >= 4 is 11.8 Å². The van der Waals surface area contributed by atoms with E-state index in [-0.39, 0.29) is 0 Å². The first kappa shape index (κ1) is 14.9. The molecule has 0 aliphatic rings. The molecule has 0 fully saturated rings. The van der Waals surface area contributed by atoms with E-state index in [4.69, 9.17) is 10.5 Å². The maximum Gasteiger partial charge on any atom is 0.123 e. The Bertz CT molecular complexity index is 569. The van der Waals surface area contributed by atoms with Crippen molar-refractivity contribution < 1.29 is 4.74 Å². The summed E-state index contributed by atoms with van der Waals surface area (Å²) in [6, 6.07) is 14.9. The number of thioether (sulfide) groups is 1. The topological polar surface area (TPSA) is 35.2 Å². The third kappa shape index (κ3) is 4.02. The standard InChI is InChI=1S/C17H21NOS/c1-13-4-3-5-14(8-13)11-20-12-15-6-7-17(19-2)16(9-15)10-18/h3-9H,10-12,18H2,1-2H3. The van der Waals surface area contributed by atoms with Gasteiger partial charge in [-0.25, -0.2) is 0 Å². The molecule has 20 heavy (non-hydrogen) atoms. The summed E-state index contributed by atoms with van der Waals surface area (Å²) in [5.41, 5.74) is 10.8. The van der Waals surface area contributed by atoms with E-state index in [1.807, 2.05) is 17.8 Å². The average Bonchev–Trinajstić information content (AvgIpc) is 2.47. The van der Waals surface area contributed by atoms with Gasteiger partial charge in [0.1, 0.15) is 5.75 Å². The smallest absolute Gasteiger partial charge is 0.123 e. The first-order chi connectivity index (χ1) is 9.72. The summed E-state index contributed by atoms with van der Waals surface area (Å²) >= 11 is 1.92. The van der Waals surface area contributed by atoms with Crippen molar-refractivity contribution in [3.63, 3.8) is 0 Å². The average molecular weight is 287 g/mol. The molecule has 2 rings (SSSR count). The second-order valence-corrected chi connectivity index (χ2v) is 5.82. The molecular weight excluding hydrogens is 266 g/mol. The summed E-state index contributed by atoms with van der Waals surface area (Å²) in [7, 11) is 1.68. The normalized spacial score (nSPS) is 10.6. The fraction of sp³-hybridized carbons (Fsp3) is 0.294. The number of hydrogen-bond donors (Lipinski definition) is 1. The maximum absolute atomic E-state index is 5.74. The summed E-state index contributed by atoms with van der Waals surface area (Å²) in [6.07, 6.45) is 0. The molecule has 2 aromatic carbocycles. The molecule has 0 atom stereocenters. The van der Waals surface area contributed by atoms with Crippen molar-refractivity contribution in [2.45, 2.75) is 25.0 Å². The third-order valence-corrected chi connectivity index (χ3v) is 4.26. The van der Waals surface area contributed by atoms with Crippen LogP contribution in [0.4, 0.5) is 0 Å². The van der Waals surface area contributed by atoms with E-state index in [9.17, 15) is 0 Å². The Kier molecular flexibility index (Phi) is 5.50. The van der Waals surface area contributed by atoms with Gasteiger partial charge in [-0.2, -0.15) is 11.8 Å². The van der Waals surface area contributed by atoms with E-state index in [0.717, 1.165) is 22.8 Å². The zero-order chi connectivity index (χ0) is 14.4. The number of hydrogen-bond acceptors (Lipinski definition) is 3. The lowest BCUT2D eigenvalue weighted by Gasteiger charge is -2.09. The quantitative estimate of drug-likeness (QED) is 0.875. The van der Waals surface area contributed by atoms with E-state index in [1.165, 1.54) is 16.7 Å². The highest BCUT2D eigenvalue weighted by Crippen LogP contribution is 2.23. The van der Waals surface area contributed by atoms with Gasteiger partial charge in [0.05, 0.1) is 7.11 Å². The predicted octanol–water partition coefficient (Wildman–Crippen LogP) is 3.90. The van der Waals surface area contributed by atoms with Gasteiger partial charge in [0.25, 0.3) is 0 Å². The van der Waals surface area contributed by atoms with Gasteiger partial charge < -0.3 is 10.5 Å². The predicted molar refractivity (Wildman–Crippen MR) is 87.1 cm³/mol. The molecule has 0 spiro atoms. The molecule has 3 heteroatoms. The Balaban J connectivity index is 1.94. The molecular formula is C17H21NOS. The summed E-state index contributed by atoms with van der Waals surface area (Å²) in [6.45, 7) is 2.64. The van der Waals surface area contributed by atoms with E-state index < -0.39 is 0 Å². The van der Waals surface area contributed by atoms with Crippen molar-refractivity contribution in [3.05, 3.63) is 64.7 Å². The van der Waals surface area contributed by atoms with Crippen molar-refractivity contribution in [3.8, 4) is 5.75 Å². The van der Waals surface area contributed by atoms with Gasteiger partial charge in [0.15, 0.2) is 0 Å². The van der Waals surface area contributed by atoms with E-state index in [2.05, 4.69) is 43.3 Å². The number of benzene rings is 2. The van der Waals surface area contributed by atoms with Crippen molar-refractivity contribution in [1.82, 2.24) is 0 Å². The molecule has 0 amide bonds. The van der Waals surface area contributed by atoms with Crippen LogP contribution in [0.2, 0.25) is 0 Å². The molecule has 0 radical (unpaired) electrons. The monoisotopic (exact) mass is 287 g/mol. The van der Waals surface area contributed by atoms with Gasteiger partial charge in [-0.3, -0.25) is 0 Å². The molecule has 106 valence electrons. The summed E-state index contributed by atoms with van der Waals surface area (Å²) in [5, 5.41) is 0. The first-order valence-electron chi connectivity index (χ1n) is 6.72. The fourth-order valence-electron chi connectivity index (χ4n) is 2.17. The SMILES string of the molecule is COc1ccc(CSCc2cccc(C)c2)cc1CN. The van der Waals surface area contributed by atoms with Crippen LogP contribution in [0, 0.1) is 6.92 Å². The van der Waals surface area contributed by atoms with Crippen molar-refractivity contribution in [2.75, 3.05) is 7.11 Å². The Morgan fingerprint density at radius 3 is 2.45 bits per heavy atom. The zero-order valence-electron chi connectivity index (χ0n) is 12.1. The molecule has 0 aliphatic carbocycles. The molecule has 2 aromatic rings. The molecule has 0 saturated carbocycles. The molecule has 2 nitrogen and oxygen atoms in total. The second kappa shape index (κ2) is 7.36. The van der Waals surface area contributed by atoms with Gasteiger partial charge in [-0.1, -0.05) is 35.9 Å². The Labute approximate surface area is 125 Å². The fourth-order valence-corrected chi connectivity index (χ4v) is 3.10. The van der Waals surface area contributed by atoms with Crippen LogP contribution < -0.4 is 10.5 Å². The van der Waals surface area contributed by atoms with Crippen LogP contribution in [0.3, 0.4) is 0 Å². The molecule has 0 aliphatic heterocycles. The van der Waals surface area contributed by atoms with Gasteiger partial charge in [0.2, 0.25) is 0 Å². The summed E-state index contributed by atoms with van der Waals surface area (Å²) in [5.74, 6) is 2.90. The van der Waals surface area contributed by atoms with Gasteiger partial charge in [0, 0.05) is 23.6 Å². The second-order valence-electron chi connectivity index (χ2n) is 4.83. The van der Waals surface area contributed by atoms with E-state index >= 15 is 0 Å². The highest BCUT2D eigenvalue weighted by Gasteiger charge is 2.03. The number of aryl methyl sites for hydroxylation is 1. The number of ether oxygens (including phenoxy) is 1. The number of nitrogens with two attached hydrogens (primary N) is 1. The van der Waals surface area contributed by atoms with Crippen LogP contribution in [-0.4, -0.2) is 7.11 Å². The number of methoxy groups -OCH3 is 1. The highest BCUT2D eigenvalue weighted by molar-refractivity contribution is 7.97. The van der Waals surface area contributed by atoms with Crippen LogP contribution >= 0.6 is 11.8 Å². The molecule has 0 unspecified atom stereocenters. The maximum atomic E-state index is 5.74. The lowest BCUT2D eigenvalue weighted by molar-refractivity contribution is 0.409. The zero-order valence-corrected chi connectivity index (χ0v) is 12.9. The Morgan fingerprint density at radius 2 is 1.80 bits per heavy atom. The van der Waals surface area contributed by atoms with Crippen LogP contribution in [0.25, 0.3) is 0 Å². The first-order valence-corrected chi connectivity index (χ1v) is 7.87. The lowest BCUT2D eigenvalue weighted by atomic mass is 10.1. The highest BCUT2D eigenvalue weighted by atomic mass is 32.2. The van der Waals surface area contributed by atoms with Crippen molar-refractivity contribution in [1.29, 1.82) is 0 Å². The summed E-state index contributed by atoms with van der Waals surface area (Å²) < 4.78 is 5.29. The van der Waals surface area contributed by atoms with Crippen LogP contribution in [0.15, 0.2) is 42.5 Å². The van der Waals surface area contributed by atoms with Gasteiger partial charge in [-0.05, 0) is 30.2 Å². The van der Waals surface area contributed by atoms with Crippen molar-refractivity contribution in [2.24, 2.45) is 5.73 Å². The van der Waals surface area contributed by atoms with Crippen LogP contribution in [0.5, 0.6) is 5.75 Å². The van der Waals surface area contributed by atoms with E-state index in [1.54, 1.807) is 7.11 Å². The lowest BCUT2D eigenvalue weighted by Crippen LogP contribution is -2.00. The van der Waals surface area contributed by atoms with Crippen LogP contribution in [-0.2, 0) is 18.1 Å². The molecule has 2 N–H and O–H groups in total. The summed E-state index contributed by atoms with van der Waals surface area (Å²) in [4.78, 5) is 0. The number of rotatable bonds is 6. The minimum Gasteiger partial charge on any atom is -0.496 e. The largest absolute Gasteiger partial charge is 0.496 e. The third-order valence-electron chi connectivity index (χ3n) is 3.18.